The second kappa shape index (κ2) is 10.4. The standard InChI is InChI=1S/C21H33N3O8S/c1-19(2,3)30-13(25)10-24(18(29)32-21(7,8)9)14(15(26)27)12-11-33-16(22-12)23-17(28)31-20(4,5)6/h11,14H,10H2,1-9H3,(H,26,27)(H,22,23,28). The number of thiazole rings is 1. The largest absolute Gasteiger partial charge is 0.479 e. The van der Waals surface area contributed by atoms with Crippen molar-refractivity contribution in [3.63, 3.8) is 0 Å². The van der Waals surface area contributed by atoms with Crippen LogP contribution in [0.5, 0.6) is 0 Å². The van der Waals surface area contributed by atoms with Gasteiger partial charge < -0.3 is 19.3 Å². The molecule has 0 saturated heterocycles. The molecule has 0 spiro atoms. The van der Waals surface area contributed by atoms with Crippen molar-refractivity contribution in [2.45, 2.75) is 85.2 Å². The van der Waals surface area contributed by atoms with Crippen molar-refractivity contribution in [2.24, 2.45) is 0 Å². The molecular formula is C21H33N3O8S. The predicted octanol–water partition coefficient (Wildman–Crippen LogP) is 4.19. The first-order valence-electron chi connectivity index (χ1n) is 10.2. The van der Waals surface area contributed by atoms with Crippen LogP contribution in [0.1, 0.15) is 74.0 Å². The maximum atomic E-state index is 12.8. The first kappa shape index (κ1) is 28.1. The number of aromatic nitrogens is 1. The minimum atomic E-state index is -1.67. The summed E-state index contributed by atoms with van der Waals surface area (Å²) in [7, 11) is 0. The zero-order chi connectivity index (χ0) is 25.8. The third-order valence-electron chi connectivity index (χ3n) is 3.30. The lowest BCUT2D eigenvalue weighted by molar-refractivity contribution is -0.158. The highest BCUT2D eigenvalue weighted by Crippen LogP contribution is 2.28. The quantitative estimate of drug-likeness (QED) is 0.445. The summed E-state index contributed by atoms with van der Waals surface area (Å²) < 4.78 is 15.7. The van der Waals surface area contributed by atoms with E-state index in [2.05, 4.69) is 10.3 Å². The monoisotopic (exact) mass is 487 g/mol. The van der Waals surface area contributed by atoms with Crippen LogP contribution in [0, 0.1) is 0 Å². The predicted molar refractivity (Wildman–Crippen MR) is 121 cm³/mol. The summed E-state index contributed by atoms with van der Waals surface area (Å²) >= 11 is 0.939. The molecule has 186 valence electrons. The first-order chi connectivity index (χ1) is 14.8. The van der Waals surface area contributed by atoms with Gasteiger partial charge in [0.25, 0.3) is 0 Å². The van der Waals surface area contributed by atoms with E-state index in [1.165, 1.54) is 5.38 Å². The fourth-order valence-electron chi connectivity index (χ4n) is 2.37. The molecule has 1 aromatic rings. The summed E-state index contributed by atoms with van der Waals surface area (Å²) in [5.74, 6) is -2.26. The molecular weight excluding hydrogens is 454 g/mol. The van der Waals surface area contributed by atoms with Gasteiger partial charge in [-0.3, -0.25) is 15.0 Å². The van der Waals surface area contributed by atoms with E-state index in [9.17, 15) is 24.3 Å². The van der Waals surface area contributed by atoms with Gasteiger partial charge in [0, 0.05) is 5.38 Å². The average Bonchev–Trinajstić information content (AvgIpc) is 2.96. The Balaban J connectivity index is 3.24. The third-order valence-corrected chi connectivity index (χ3v) is 4.08. The highest BCUT2D eigenvalue weighted by atomic mass is 32.1. The van der Waals surface area contributed by atoms with Gasteiger partial charge in [-0.1, -0.05) is 0 Å². The average molecular weight is 488 g/mol. The number of carboxylic acids is 1. The minimum Gasteiger partial charge on any atom is -0.479 e. The lowest BCUT2D eigenvalue weighted by atomic mass is 10.1. The second-order valence-electron chi connectivity index (χ2n) is 10.1. The number of hydrogen-bond donors (Lipinski definition) is 2. The van der Waals surface area contributed by atoms with Crippen LogP contribution in [0.4, 0.5) is 14.7 Å². The van der Waals surface area contributed by atoms with Gasteiger partial charge in [-0.15, -0.1) is 11.3 Å². The van der Waals surface area contributed by atoms with Crippen molar-refractivity contribution in [3.05, 3.63) is 11.1 Å². The number of esters is 1. The molecule has 0 saturated carbocycles. The van der Waals surface area contributed by atoms with Crippen molar-refractivity contribution in [1.82, 2.24) is 9.88 Å². The van der Waals surface area contributed by atoms with Crippen molar-refractivity contribution < 1.29 is 38.5 Å². The maximum Gasteiger partial charge on any atom is 0.413 e. The number of carbonyl (C=O) groups excluding carboxylic acids is 3. The van der Waals surface area contributed by atoms with Gasteiger partial charge in [-0.25, -0.2) is 19.4 Å². The van der Waals surface area contributed by atoms with Crippen LogP contribution in [0.25, 0.3) is 0 Å². The number of amides is 2. The lowest BCUT2D eigenvalue weighted by Crippen LogP contribution is -2.46. The first-order valence-corrected chi connectivity index (χ1v) is 11.0. The summed E-state index contributed by atoms with van der Waals surface area (Å²) in [4.78, 5) is 54.2. The Morgan fingerprint density at radius 2 is 1.48 bits per heavy atom. The topological polar surface area (TPSA) is 144 Å². The van der Waals surface area contributed by atoms with Crippen LogP contribution in [0.15, 0.2) is 5.38 Å². The molecule has 1 unspecified atom stereocenters. The minimum absolute atomic E-state index is 0.0620. The molecule has 1 aromatic heterocycles. The number of rotatable bonds is 6. The summed E-state index contributed by atoms with van der Waals surface area (Å²) in [6, 6.07) is -1.67. The summed E-state index contributed by atoms with van der Waals surface area (Å²) in [6.07, 6.45) is -1.80. The molecule has 2 N–H and O–H groups in total. The van der Waals surface area contributed by atoms with E-state index in [4.69, 9.17) is 14.2 Å². The molecule has 11 nitrogen and oxygen atoms in total. The van der Waals surface area contributed by atoms with Crippen molar-refractivity contribution in [3.8, 4) is 0 Å². The van der Waals surface area contributed by atoms with Crippen LogP contribution < -0.4 is 5.32 Å². The Morgan fingerprint density at radius 3 is 1.94 bits per heavy atom. The van der Waals surface area contributed by atoms with Crippen LogP contribution in [-0.2, 0) is 23.8 Å². The normalized spacial score (nSPS) is 13.0. The van der Waals surface area contributed by atoms with E-state index in [1.54, 1.807) is 62.3 Å². The molecule has 0 fully saturated rings. The summed E-state index contributed by atoms with van der Waals surface area (Å²) in [6.45, 7) is 14.1. The fraction of sp³-hybridized carbons (Fsp3) is 0.667. The van der Waals surface area contributed by atoms with Crippen LogP contribution in [0.3, 0.4) is 0 Å². The number of hydrogen-bond acceptors (Lipinski definition) is 9. The Morgan fingerprint density at radius 1 is 0.970 bits per heavy atom. The molecule has 0 aliphatic carbocycles. The van der Waals surface area contributed by atoms with E-state index in [0.717, 1.165) is 16.2 Å². The fourth-order valence-corrected chi connectivity index (χ4v) is 3.09. The van der Waals surface area contributed by atoms with Gasteiger partial charge in [0.15, 0.2) is 11.2 Å². The third kappa shape index (κ3) is 10.5. The number of nitrogens with zero attached hydrogens (tertiary/aromatic N) is 2. The number of carboxylic acid groups (broad SMARTS) is 1. The van der Waals surface area contributed by atoms with E-state index < -0.39 is 53.5 Å². The molecule has 33 heavy (non-hydrogen) atoms. The highest BCUT2D eigenvalue weighted by Gasteiger charge is 2.38. The molecule has 1 heterocycles. The summed E-state index contributed by atoms with van der Waals surface area (Å²) in [5, 5.41) is 13.7. The van der Waals surface area contributed by atoms with Crippen molar-refractivity contribution in [2.75, 3.05) is 11.9 Å². The number of nitrogens with one attached hydrogen (secondary N) is 1. The lowest BCUT2D eigenvalue weighted by Gasteiger charge is -2.31. The number of aliphatic carboxylic acids is 1. The zero-order valence-electron chi connectivity index (χ0n) is 20.5. The molecule has 12 heteroatoms. The van der Waals surface area contributed by atoms with Gasteiger partial charge in [0.1, 0.15) is 23.3 Å². The molecule has 1 rings (SSSR count). The zero-order valence-corrected chi connectivity index (χ0v) is 21.3. The molecule has 0 aliphatic rings. The van der Waals surface area contributed by atoms with Gasteiger partial charge in [0.2, 0.25) is 0 Å². The van der Waals surface area contributed by atoms with E-state index in [1.807, 2.05) is 0 Å². The second-order valence-corrected chi connectivity index (χ2v) is 11.0. The van der Waals surface area contributed by atoms with Crippen LogP contribution >= 0.6 is 11.3 Å². The van der Waals surface area contributed by atoms with E-state index in [0.29, 0.717) is 0 Å². The van der Waals surface area contributed by atoms with E-state index in [-0.39, 0.29) is 10.8 Å². The number of carbonyl (C=O) groups is 4. The van der Waals surface area contributed by atoms with Gasteiger partial charge >= 0.3 is 24.1 Å². The van der Waals surface area contributed by atoms with Crippen LogP contribution in [0.2, 0.25) is 0 Å². The molecule has 0 aromatic carbocycles. The van der Waals surface area contributed by atoms with Crippen LogP contribution in [-0.4, -0.2) is 62.5 Å². The molecule has 0 radical (unpaired) electrons. The molecule has 2 amide bonds. The van der Waals surface area contributed by atoms with Crippen molar-refractivity contribution in [1.29, 1.82) is 0 Å². The van der Waals surface area contributed by atoms with E-state index >= 15 is 0 Å². The van der Waals surface area contributed by atoms with Gasteiger partial charge in [0.05, 0.1) is 5.69 Å². The highest BCUT2D eigenvalue weighted by molar-refractivity contribution is 7.13. The number of anilines is 1. The Kier molecular flexibility index (Phi) is 8.84. The van der Waals surface area contributed by atoms with Crippen molar-refractivity contribution >= 4 is 40.6 Å². The van der Waals surface area contributed by atoms with Gasteiger partial charge in [-0.2, -0.15) is 0 Å². The Labute approximate surface area is 197 Å². The van der Waals surface area contributed by atoms with Gasteiger partial charge in [-0.05, 0) is 62.3 Å². The maximum absolute atomic E-state index is 12.8. The summed E-state index contributed by atoms with van der Waals surface area (Å²) in [5.41, 5.74) is -2.61. The smallest absolute Gasteiger partial charge is 0.413 e. The number of ether oxygens (including phenoxy) is 3. The molecule has 0 bridgehead atoms. The Bertz CT molecular complexity index is 877. The Hall–Kier alpha value is -2.89. The SMILES string of the molecule is CC(C)(C)OC(=O)CN(C(=O)OC(C)(C)C)C(C(=O)O)c1csc(NC(=O)OC(C)(C)C)n1. The molecule has 1 atom stereocenters. The molecule has 0 aliphatic heterocycles.